The molecule has 0 aliphatic carbocycles. The highest BCUT2D eigenvalue weighted by Gasteiger charge is 2.15. The number of rotatable bonds is 5. The molecule has 0 radical (unpaired) electrons. The predicted molar refractivity (Wildman–Crippen MR) is 74.6 cm³/mol. The van der Waals surface area contributed by atoms with E-state index in [1.807, 2.05) is 0 Å². The molecule has 1 aliphatic heterocycles. The SMILES string of the molecule is Cc1n[nH]c(C)c1CNCCN1CCC[C@H](C)C1. The van der Waals surface area contributed by atoms with Crippen LogP contribution in [0.3, 0.4) is 0 Å². The lowest BCUT2D eigenvalue weighted by Crippen LogP contribution is -2.38. The molecule has 2 rings (SSSR count). The van der Waals surface area contributed by atoms with Gasteiger partial charge in [0.2, 0.25) is 0 Å². The van der Waals surface area contributed by atoms with Crippen LogP contribution in [0.4, 0.5) is 0 Å². The number of aryl methyl sites for hydroxylation is 2. The van der Waals surface area contributed by atoms with Gasteiger partial charge in [-0.2, -0.15) is 5.10 Å². The van der Waals surface area contributed by atoms with E-state index in [2.05, 4.69) is 41.2 Å². The molecule has 1 aromatic rings. The van der Waals surface area contributed by atoms with Gasteiger partial charge in [-0.05, 0) is 39.2 Å². The number of likely N-dealkylation sites (tertiary alicyclic amines) is 1. The number of H-pyrrole nitrogens is 1. The topological polar surface area (TPSA) is 44.0 Å². The van der Waals surface area contributed by atoms with Gasteiger partial charge in [0.1, 0.15) is 0 Å². The Hall–Kier alpha value is -0.870. The van der Waals surface area contributed by atoms with Crippen LogP contribution < -0.4 is 5.32 Å². The second-order valence-electron chi connectivity index (χ2n) is 5.64. The molecular weight excluding hydrogens is 224 g/mol. The number of hydrogen-bond donors (Lipinski definition) is 2. The Labute approximate surface area is 110 Å². The first kappa shape index (κ1) is 13.6. The van der Waals surface area contributed by atoms with E-state index >= 15 is 0 Å². The zero-order chi connectivity index (χ0) is 13.0. The van der Waals surface area contributed by atoms with Crippen molar-refractivity contribution < 1.29 is 0 Å². The standard InChI is InChI=1S/C14H26N4/c1-11-5-4-7-18(10-11)8-6-15-9-14-12(2)16-17-13(14)3/h11,15H,4-10H2,1-3H3,(H,16,17)/t11-/m0/s1. The summed E-state index contributed by atoms with van der Waals surface area (Å²) in [7, 11) is 0. The van der Waals surface area contributed by atoms with Crippen LogP contribution in [0, 0.1) is 19.8 Å². The molecule has 0 saturated carbocycles. The number of aromatic nitrogens is 2. The zero-order valence-electron chi connectivity index (χ0n) is 11.9. The molecule has 0 bridgehead atoms. The lowest BCUT2D eigenvalue weighted by Gasteiger charge is -2.30. The molecule has 1 saturated heterocycles. The van der Waals surface area contributed by atoms with E-state index in [0.29, 0.717) is 0 Å². The lowest BCUT2D eigenvalue weighted by molar-refractivity contribution is 0.184. The second kappa shape index (κ2) is 6.34. The Bertz CT molecular complexity index is 352. The first-order valence-electron chi connectivity index (χ1n) is 7.10. The molecule has 2 N–H and O–H groups in total. The van der Waals surface area contributed by atoms with Gasteiger partial charge in [-0.25, -0.2) is 0 Å². The van der Waals surface area contributed by atoms with Crippen LogP contribution >= 0.6 is 0 Å². The number of hydrogen-bond acceptors (Lipinski definition) is 3. The summed E-state index contributed by atoms with van der Waals surface area (Å²) in [6.07, 6.45) is 2.76. The van der Waals surface area contributed by atoms with Crippen molar-refractivity contribution in [1.82, 2.24) is 20.4 Å². The van der Waals surface area contributed by atoms with Crippen LogP contribution in [0.5, 0.6) is 0 Å². The fraction of sp³-hybridized carbons (Fsp3) is 0.786. The van der Waals surface area contributed by atoms with Gasteiger partial charge < -0.3 is 10.2 Å². The molecule has 18 heavy (non-hydrogen) atoms. The highest BCUT2D eigenvalue weighted by atomic mass is 15.1. The molecule has 1 aliphatic rings. The fourth-order valence-electron chi connectivity index (χ4n) is 2.77. The highest BCUT2D eigenvalue weighted by molar-refractivity contribution is 5.22. The number of nitrogens with one attached hydrogen (secondary N) is 2. The van der Waals surface area contributed by atoms with E-state index < -0.39 is 0 Å². The maximum atomic E-state index is 4.22. The second-order valence-corrected chi connectivity index (χ2v) is 5.64. The molecule has 1 fully saturated rings. The summed E-state index contributed by atoms with van der Waals surface area (Å²) in [5.41, 5.74) is 3.63. The molecule has 4 heteroatoms. The molecule has 0 unspecified atom stereocenters. The van der Waals surface area contributed by atoms with E-state index in [1.54, 1.807) is 0 Å². The average Bonchev–Trinajstić information content (AvgIpc) is 2.66. The third-order valence-electron chi connectivity index (χ3n) is 3.93. The van der Waals surface area contributed by atoms with E-state index in [1.165, 1.54) is 43.7 Å². The van der Waals surface area contributed by atoms with Crippen LogP contribution in [0.15, 0.2) is 0 Å². The van der Waals surface area contributed by atoms with Crippen molar-refractivity contribution in [2.75, 3.05) is 26.2 Å². The lowest BCUT2D eigenvalue weighted by atomic mass is 10.0. The van der Waals surface area contributed by atoms with Gasteiger partial charge >= 0.3 is 0 Å². The van der Waals surface area contributed by atoms with Gasteiger partial charge in [-0.1, -0.05) is 6.92 Å². The summed E-state index contributed by atoms with van der Waals surface area (Å²) < 4.78 is 0. The molecular formula is C14H26N4. The Morgan fingerprint density at radius 3 is 2.94 bits per heavy atom. The molecule has 1 aromatic heterocycles. The molecule has 0 aromatic carbocycles. The van der Waals surface area contributed by atoms with Gasteiger partial charge in [0, 0.05) is 37.4 Å². The Kier molecular flexibility index (Phi) is 4.78. The fourth-order valence-corrected chi connectivity index (χ4v) is 2.77. The van der Waals surface area contributed by atoms with Gasteiger partial charge in [0.15, 0.2) is 0 Å². The summed E-state index contributed by atoms with van der Waals surface area (Å²) >= 11 is 0. The minimum Gasteiger partial charge on any atom is -0.311 e. The van der Waals surface area contributed by atoms with Crippen LogP contribution in [-0.4, -0.2) is 41.3 Å². The smallest absolute Gasteiger partial charge is 0.0638 e. The number of piperidine rings is 1. The zero-order valence-corrected chi connectivity index (χ0v) is 11.9. The minimum absolute atomic E-state index is 0.872. The summed E-state index contributed by atoms with van der Waals surface area (Å²) in [4.78, 5) is 2.58. The maximum absolute atomic E-state index is 4.22. The predicted octanol–water partition coefficient (Wildman–Crippen LogP) is 1.85. The third-order valence-corrected chi connectivity index (χ3v) is 3.93. The molecule has 102 valence electrons. The van der Waals surface area contributed by atoms with Crippen molar-refractivity contribution in [2.24, 2.45) is 5.92 Å². The summed E-state index contributed by atoms with van der Waals surface area (Å²) in [6.45, 7) is 12.2. The van der Waals surface area contributed by atoms with Crippen molar-refractivity contribution in [1.29, 1.82) is 0 Å². The summed E-state index contributed by atoms with van der Waals surface area (Å²) in [5, 5.41) is 10.8. The largest absolute Gasteiger partial charge is 0.311 e. The van der Waals surface area contributed by atoms with Crippen molar-refractivity contribution in [2.45, 2.75) is 40.2 Å². The van der Waals surface area contributed by atoms with Crippen molar-refractivity contribution in [3.05, 3.63) is 17.0 Å². The first-order chi connectivity index (χ1) is 8.66. The minimum atomic E-state index is 0.872. The summed E-state index contributed by atoms with van der Waals surface area (Å²) in [5.74, 6) is 0.872. The average molecular weight is 250 g/mol. The summed E-state index contributed by atoms with van der Waals surface area (Å²) in [6, 6.07) is 0. The van der Waals surface area contributed by atoms with Crippen molar-refractivity contribution >= 4 is 0 Å². The van der Waals surface area contributed by atoms with Gasteiger partial charge in [-0.3, -0.25) is 5.10 Å². The molecule has 0 amide bonds. The first-order valence-corrected chi connectivity index (χ1v) is 7.10. The quantitative estimate of drug-likeness (QED) is 0.784. The van der Waals surface area contributed by atoms with Crippen LogP contribution in [0.1, 0.15) is 36.7 Å². The monoisotopic (exact) mass is 250 g/mol. The van der Waals surface area contributed by atoms with Crippen molar-refractivity contribution in [3.8, 4) is 0 Å². The van der Waals surface area contributed by atoms with Crippen LogP contribution in [-0.2, 0) is 6.54 Å². The Balaban J connectivity index is 1.67. The van der Waals surface area contributed by atoms with Gasteiger partial charge in [0.25, 0.3) is 0 Å². The normalized spacial score (nSPS) is 21.4. The molecule has 2 heterocycles. The third kappa shape index (κ3) is 3.56. The molecule has 1 atom stereocenters. The van der Waals surface area contributed by atoms with E-state index in [-0.39, 0.29) is 0 Å². The van der Waals surface area contributed by atoms with Crippen molar-refractivity contribution in [3.63, 3.8) is 0 Å². The van der Waals surface area contributed by atoms with E-state index in [4.69, 9.17) is 0 Å². The van der Waals surface area contributed by atoms with Crippen LogP contribution in [0.2, 0.25) is 0 Å². The molecule has 4 nitrogen and oxygen atoms in total. The number of aromatic amines is 1. The Morgan fingerprint density at radius 1 is 1.44 bits per heavy atom. The molecule has 0 spiro atoms. The van der Waals surface area contributed by atoms with E-state index in [9.17, 15) is 0 Å². The Morgan fingerprint density at radius 2 is 2.28 bits per heavy atom. The van der Waals surface area contributed by atoms with Crippen LogP contribution in [0.25, 0.3) is 0 Å². The van der Waals surface area contributed by atoms with Gasteiger partial charge in [-0.15, -0.1) is 0 Å². The maximum Gasteiger partial charge on any atom is 0.0638 e. The number of nitrogens with zero attached hydrogens (tertiary/aromatic N) is 2. The van der Waals surface area contributed by atoms with E-state index in [0.717, 1.165) is 24.7 Å². The highest BCUT2D eigenvalue weighted by Crippen LogP contribution is 2.14. The van der Waals surface area contributed by atoms with Gasteiger partial charge in [0.05, 0.1) is 5.69 Å².